The summed E-state index contributed by atoms with van der Waals surface area (Å²) in [4.78, 5) is 4.58. The molecule has 4 nitrogen and oxygen atoms in total. The summed E-state index contributed by atoms with van der Waals surface area (Å²) in [5, 5.41) is 4.15. The van der Waals surface area contributed by atoms with Crippen molar-refractivity contribution < 1.29 is 4.52 Å². The molecule has 94 valence electrons. The Bertz CT molecular complexity index is 376. The minimum Gasteiger partial charge on any atom is -0.337 e. The lowest BCUT2D eigenvalue weighted by atomic mass is 9.82. The Labute approximate surface area is 102 Å². The predicted octanol–water partition coefficient (Wildman–Crippen LogP) is 2.85. The molecule has 4 heteroatoms. The summed E-state index contributed by atoms with van der Waals surface area (Å²) < 4.78 is 5.43. The van der Waals surface area contributed by atoms with Crippen LogP contribution in [0.25, 0.3) is 0 Å². The highest BCUT2D eigenvalue weighted by Crippen LogP contribution is 2.36. The lowest BCUT2D eigenvalue weighted by Gasteiger charge is -2.29. The molecule has 0 radical (unpaired) electrons. The van der Waals surface area contributed by atoms with Gasteiger partial charge in [0.25, 0.3) is 0 Å². The van der Waals surface area contributed by atoms with Gasteiger partial charge in [-0.15, -0.1) is 0 Å². The molecular formula is C13H21N3O. The van der Waals surface area contributed by atoms with Crippen molar-refractivity contribution in [3.05, 3.63) is 11.7 Å². The number of hydrogen-bond acceptors (Lipinski definition) is 4. The van der Waals surface area contributed by atoms with Gasteiger partial charge in [0.05, 0.1) is 5.54 Å². The number of rotatable bonds is 2. The third-order valence-corrected chi connectivity index (χ3v) is 4.33. The van der Waals surface area contributed by atoms with Crippen LogP contribution in [0.5, 0.6) is 0 Å². The van der Waals surface area contributed by atoms with Gasteiger partial charge in [-0.1, -0.05) is 37.3 Å². The van der Waals surface area contributed by atoms with Crippen LogP contribution in [0.4, 0.5) is 0 Å². The fourth-order valence-corrected chi connectivity index (χ4v) is 3.18. The molecule has 2 saturated carbocycles. The smallest absolute Gasteiger partial charge is 0.246 e. The van der Waals surface area contributed by atoms with Crippen LogP contribution in [0.3, 0.4) is 0 Å². The minimum atomic E-state index is -0.345. The van der Waals surface area contributed by atoms with Crippen LogP contribution in [0, 0.1) is 0 Å². The van der Waals surface area contributed by atoms with Gasteiger partial charge in [-0.05, 0) is 25.7 Å². The second-order valence-electron chi connectivity index (χ2n) is 5.66. The van der Waals surface area contributed by atoms with Crippen LogP contribution < -0.4 is 5.73 Å². The molecular weight excluding hydrogens is 214 g/mol. The summed E-state index contributed by atoms with van der Waals surface area (Å²) >= 11 is 0. The Morgan fingerprint density at radius 2 is 1.76 bits per heavy atom. The van der Waals surface area contributed by atoms with Gasteiger partial charge in [-0.3, -0.25) is 0 Å². The molecule has 0 bridgehead atoms. The third kappa shape index (κ3) is 2.10. The number of nitrogens with zero attached hydrogens (tertiary/aromatic N) is 2. The fourth-order valence-electron chi connectivity index (χ4n) is 3.18. The average Bonchev–Trinajstić information content (AvgIpc) is 3.01. The van der Waals surface area contributed by atoms with Crippen molar-refractivity contribution in [1.82, 2.24) is 10.1 Å². The molecule has 0 atom stereocenters. The number of nitrogens with two attached hydrogens (primary N) is 1. The fraction of sp³-hybridized carbons (Fsp3) is 0.846. The second kappa shape index (κ2) is 4.41. The zero-order chi connectivity index (χ0) is 11.7. The van der Waals surface area contributed by atoms with E-state index in [0.29, 0.717) is 11.8 Å². The van der Waals surface area contributed by atoms with E-state index in [0.717, 1.165) is 18.7 Å². The number of hydrogen-bond donors (Lipinski definition) is 1. The van der Waals surface area contributed by atoms with Crippen molar-refractivity contribution in [2.45, 2.75) is 69.2 Å². The molecule has 2 N–H and O–H groups in total. The highest BCUT2D eigenvalue weighted by Gasteiger charge is 2.36. The monoisotopic (exact) mass is 235 g/mol. The van der Waals surface area contributed by atoms with Crippen molar-refractivity contribution in [3.8, 4) is 0 Å². The quantitative estimate of drug-likeness (QED) is 0.856. The molecule has 2 fully saturated rings. The van der Waals surface area contributed by atoms with Crippen LogP contribution >= 0.6 is 0 Å². The van der Waals surface area contributed by atoms with Gasteiger partial charge in [0.15, 0.2) is 5.82 Å². The van der Waals surface area contributed by atoms with E-state index in [1.807, 2.05) is 0 Å². The molecule has 0 unspecified atom stereocenters. The van der Waals surface area contributed by atoms with Gasteiger partial charge in [0.2, 0.25) is 5.89 Å². The van der Waals surface area contributed by atoms with Gasteiger partial charge in [-0.2, -0.15) is 4.98 Å². The Balaban J connectivity index is 1.78. The molecule has 0 saturated heterocycles. The Morgan fingerprint density at radius 3 is 2.47 bits per heavy atom. The molecule has 17 heavy (non-hydrogen) atoms. The molecule has 2 aliphatic carbocycles. The third-order valence-electron chi connectivity index (χ3n) is 4.33. The molecule has 0 amide bonds. The molecule has 1 heterocycles. The zero-order valence-corrected chi connectivity index (χ0v) is 10.3. The average molecular weight is 235 g/mol. The van der Waals surface area contributed by atoms with E-state index >= 15 is 0 Å². The Hall–Kier alpha value is -0.900. The van der Waals surface area contributed by atoms with E-state index in [1.165, 1.54) is 44.9 Å². The van der Waals surface area contributed by atoms with Gasteiger partial charge in [-0.25, -0.2) is 0 Å². The maximum Gasteiger partial charge on any atom is 0.246 e. The summed E-state index contributed by atoms with van der Waals surface area (Å²) in [6, 6.07) is 0. The maximum atomic E-state index is 6.40. The van der Waals surface area contributed by atoms with Crippen LogP contribution in [-0.2, 0) is 5.54 Å². The van der Waals surface area contributed by atoms with E-state index in [-0.39, 0.29) is 5.54 Å². The van der Waals surface area contributed by atoms with E-state index < -0.39 is 0 Å². The zero-order valence-electron chi connectivity index (χ0n) is 10.3. The van der Waals surface area contributed by atoms with Gasteiger partial charge >= 0.3 is 0 Å². The SMILES string of the molecule is NC1(c2nc(C3CCCC3)no2)CCCCC1. The lowest BCUT2D eigenvalue weighted by Crippen LogP contribution is -2.39. The summed E-state index contributed by atoms with van der Waals surface area (Å²) in [5.41, 5.74) is 6.05. The molecule has 2 aliphatic rings. The summed E-state index contributed by atoms with van der Waals surface area (Å²) in [7, 11) is 0. The van der Waals surface area contributed by atoms with E-state index in [4.69, 9.17) is 10.3 Å². The Kier molecular flexibility index (Phi) is 2.90. The van der Waals surface area contributed by atoms with Crippen molar-refractivity contribution in [2.75, 3.05) is 0 Å². The molecule has 3 rings (SSSR count). The van der Waals surface area contributed by atoms with Crippen molar-refractivity contribution in [3.63, 3.8) is 0 Å². The first-order chi connectivity index (χ1) is 8.28. The minimum absolute atomic E-state index is 0.345. The first-order valence-corrected chi connectivity index (χ1v) is 6.91. The Morgan fingerprint density at radius 1 is 1.06 bits per heavy atom. The molecule has 0 aliphatic heterocycles. The van der Waals surface area contributed by atoms with Gasteiger partial charge in [0, 0.05) is 5.92 Å². The van der Waals surface area contributed by atoms with E-state index in [9.17, 15) is 0 Å². The summed E-state index contributed by atoms with van der Waals surface area (Å²) in [6.45, 7) is 0. The summed E-state index contributed by atoms with van der Waals surface area (Å²) in [6.07, 6.45) is 10.6. The van der Waals surface area contributed by atoms with Crippen LogP contribution in [0.2, 0.25) is 0 Å². The van der Waals surface area contributed by atoms with E-state index in [2.05, 4.69) is 10.1 Å². The van der Waals surface area contributed by atoms with Crippen LogP contribution in [0.15, 0.2) is 4.52 Å². The summed E-state index contributed by atoms with van der Waals surface area (Å²) in [5.74, 6) is 2.09. The molecule has 0 aromatic carbocycles. The van der Waals surface area contributed by atoms with Gasteiger partial charge < -0.3 is 10.3 Å². The lowest BCUT2D eigenvalue weighted by molar-refractivity contribution is 0.219. The molecule has 0 spiro atoms. The van der Waals surface area contributed by atoms with E-state index in [1.54, 1.807) is 0 Å². The first kappa shape index (κ1) is 11.2. The molecule has 1 aromatic rings. The number of aromatic nitrogens is 2. The maximum absolute atomic E-state index is 6.40. The molecule has 1 aromatic heterocycles. The first-order valence-electron chi connectivity index (χ1n) is 6.91. The van der Waals surface area contributed by atoms with Crippen molar-refractivity contribution in [2.24, 2.45) is 5.73 Å². The topological polar surface area (TPSA) is 64.9 Å². The standard InChI is InChI=1S/C13H21N3O/c14-13(8-4-1-5-9-13)12-15-11(16-17-12)10-6-2-3-7-10/h10H,1-9,14H2. The highest BCUT2D eigenvalue weighted by atomic mass is 16.5. The second-order valence-corrected chi connectivity index (χ2v) is 5.66. The van der Waals surface area contributed by atoms with Crippen LogP contribution in [0.1, 0.15) is 75.4 Å². The predicted molar refractivity (Wildman–Crippen MR) is 64.5 cm³/mol. The largest absolute Gasteiger partial charge is 0.337 e. The highest BCUT2D eigenvalue weighted by molar-refractivity contribution is 5.06. The van der Waals surface area contributed by atoms with Crippen molar-refractivity contribution >= 4 is 0 Å². The van der Waals surface area contributed by atoms with Crippen molar-refractivity contribution in [1.29, 1.82) is 0 Å². The van der Waals surface area contributed by atoms with Crippen LogP contribution in [-0.4, -0.2) is 10.1 Å². The van der Waals surface area contributed by atoms with Gasteiger partial charge in [0.1, 0.15) is 0 Å². The normalized spacial score (nSPS) is 25.2.